The molecule has 0 atom stereocenters. The molecular weight excluding hydrogens is 270 g/mol. The Morgan fingerprint density at radius 2 is 2.00 bits per heavy atom. The average Bonchev–Trinajstić information content (AvgIpc) is 2.39. The summed E-state index contributed by atoms with van der Waals surface area (Å²) in [5.41, 5.74) is 4.36. The second kappa shape index (κ2) is 6.83. The lowest BCUT2D eigenvalue weighted by molar-refractivity contribution is -0.143. The molecule has 1 aromatic carbocycles. The predicted octanol–water partition coefficient (Wildman–Crippen LogP) is 1.57. The lowest BCUT2D eigenvalue weighted by Gasteiger charge is -2.17. The number of ether oxygens (including phenoxy) is 1. The average molecular weight is 286 g/mol. The first-order valence-corrected chi connectivity index (χ1v) is 6.02. The van der Waals surface area contributed by atoms with Crippen molar-refractivity contribution in [3.8, 4) is 0 Å². The zero-order chi connectivity index (χ0) is 15.3. The van der Waals surface area contributed by atoms with Crippen LogP contribution < -0.4 is 5.73 Å². The highest BCUT2D eigenvalue weighted by atomic mass is 19.1. The summed E-state index contributed by atoms with van der Waals surface area (Å²) in [5.74, 6) is -2.99. The Bertz CT molecular complexity index is 521. The van der Waals surface area contributed by atoms with Gasteiger partial charge in [-0.3, -0.25) is 9.59 Å². The lowest BCUT2D eigenvalue weighted by atomic mass is 10.1. The van der Waals surface area contributed by atoms with Crippen LogP contribution in [0.3, 0.4) is 0 Å². The number of halogens is 2. The van der Waals surface area contributed by atoms with Crippen molar-refractivity contribution in [1.82, 2.24) is 4.90 Å². The Hall–Kier alpha value is -2.18. The number of carbonyl (C=O) groups is 2. The summed E-state index contributed by atoms with van der Waals surface area (Å²) < 4.78 is 31.5. The maximum absolute atomic E-state index is 13.7. The number of carbonyl (C=O) groups excluding carboxylic acids is 2. The number of nitrogen functional groups attached to an aromatic ring is 1. The first-order valence-electron chi connectivity index (χ1n) is 6.02. The van der Waals surface area contributed by atoms with Crippen LogP contribution in [0.5, 0.6) is 0 Å². The van der Waals surface area contributed by atoms with Crippen LogP contribution in [0.2, 0.25) is 0 Å². The summed E-state index contributed by atoms with van der Waals surface area (Å²) in [7, 11) is 1.38. The minimum absolute atomic E-state index is 0.0253. The van der Waals surface area contributed by atoms with E-state index in [4.69, 9.17) is 10.5 Å². The third-order valence-corrected chi connectivity index (χ3v) is 2.60. The molecule has 0 unspecified atom stereocenters. The fourth-order valence-corrected chi connectivity index (χ4v) is 1.57. The van der Waals surface area contributed by atoms with Gasteiger partial charge in [-0.15, -0.1) is 0 Å². The summed E-state index contributed by atoms with van der Waals surface area (Å²) in [4.78, 5) is 24.2. The van der Waals surface area contributed by atoms with Crippen molar-refractivity contribution < 1.29 is 23.1 Å². The van der Waals surface area contributed by atoms with Gasteiger partial charge in [0, 0.05) is 13.6 Å². The van der Waals surface area contributed by atoms with Crippen LogP contribution in [-0.2, 0) is 9.53 Å². The molecule has 0 radical (unpaired) electrons. The third-order valence-electron chi connectivity index (χ3n) is 2.60. The quantitative estimate of drug-likeness (QED) is 0.658. The predicted molar refractivity (Wildman–Crippen MR) is 69.0 cm³/mol. The molecule has 7 heteroatoms. The summed E-state index contributed by atoms with van der Waals surface area (Å²) in [6, 6.07) is 1.57. The van der Waals surface area contributed by atoms with E-state index in [2.05, 4.69) is 0 Å². The van der Waals surface area contributed by atoms with Crippen LogP contribution in [0.25, 0.3) is 0 Å². The SMILES string of the molecule is CCOC(=O)CCN(C)C(=O)c1cc(F)cc(N)c1F. The summed E-state index contributed by atoms with van der Waals surface area (Å²) in [6.45, 7) is 1.94. The van der Waals surface area contributed by atoms with Crippen molar-refractivity contribution >= 4 is 17.6 Å². The van der Waals surface area contributed by atoms with E-state index < -0.39 is 34.8 Å². The number of hydrogen-bond donors (Lipinski definition) is 1. The Balaban J connectivity index is 2.77. The van der Waals surface area contributed by atoms with E-state index >= 15 is 0 Å². The highest BCUT2D eigenvalue weighted by Crippen LogP contribution is 2.18. The zero-order valence-corrected chi connectivity index (χ0v) is 11.3. The van der Waals surface area contributed by atoms with E-state index in [1.54, 1.807) is 6.92 Å². The van der Waals surface area contributed by atoms with Crippen LogP contribution in [0.15, 0.2) is 12.1 Å². The van der Waals surface area contributed by atoms with Gasteiger partial charge >= 0.3 is 5.97 Å². The summed E-state index contributed by atoms with van der Waals surface area (Å²) in [6.07, 6.45) is -0.0253. The van der Waals surface area contributed by atoms with Gasteiger partial charge in [0.25, 0.3) is 5.91 Å². The molecule has 0 heterocycles. The molecule has 0 aliphatic rings. The van der Waals surface area contributed by atoms with E-state index in [1.807, 2.05) is 0 Å². The van der Waals surface area contributed by atoms with Crippen molar-refractivity contribution in [1.29, 1.82) is 0 Å². The largest absolute Gasteiger partial charge is 0.466 e. The minimum atomic E-state index is -0.973. The van der Waals surface area contributed by atoms with Gasteiger partial charge in [0.05, 0.1) is 24.3 Å². The molecule has 0 fully saturated rings. The number of anilines is 1. The second-order valence-corrected chi connectivity index (χ2v) is 4.14. The molecule has 0 aliphatic carbocycles. The van der Waals surface area contributed by atoms with Crippen molar-refractivity contribution in [3.05, 3.63) is 29.3 Å². The second-order valence-electron chi connectivity index (χ2n) is 4.14. The Morgan fingerprint density at radius 1 is 1.35 bits per heavy atom. The zero-order valence-electron chi connectivity index (χ0n) is 11.3. The summed E-state index contributed by atoms with van der Waals surface area (Å²) >= 11 is 0. The van der Waals surface area contributed by atoms with Gasteiger partial charge in [0.1, 0.15) is 5.82 Å². The fraction of sp³-hybridized carbons (Fsp3) is 0.385. The molecule has 1 aromatic rings. The molecule has 0 spiro atoms. The molecular formula is C13H16F2N2O3. The Labute approximate surface area is 115 Å². The van der Waals surface area contributed by atoms with Gasteiger partial charge < -0.3 is 15.4 Å². The molecule has 20 heavy (non-hydrogen) atoms. The Kier molecular flexibility index (Phi) is 5.42. The number of benzene rings is 1. The van der Waals surface area contributed by atoms with Crippen LogP contribution in [0.1, 0.15) is 23.7 Å². The van der Waals surface area contributed by atoms with Crippen LogP contribution in [0, 0.1) is 11.6 Å². The number of rotatable bonds is 5. The van der Waals surface area contributed by atoms with Crippen molar-refractivity contribution in [2.45, 2.75) is 13.3 Å². The van der Waals surface area contributed by atoms with Crippen molar-refractivity contribution in [2.24, 2.45) is 0 Å². The van der Waals surface area contributed by atoms with E-state index in [1.165, 1.54) is 7.05 Å². The Morgan fingerprint density at radius 3 is 2.60 bits per heavy atom. The van der Waals surface area contributed by atoms with E-state index in [0.29, 0.717) is 0 Å². The first kappa shape index (κ1) is 15.9. The minimum Gasteiger partial charge on any atom is -0.466 e. The monoisotopic (exact) mass is 286 g/mol. The molecule has 0 saturated heterocycles. The van der Waals surface area contributed by atoms with E-state index in [0.717, 1.165) is 17.0 Å². The molecule has 0 saturated carbocycles. The normalized spacial score (nSPS) is 10.2. The highest BCUT2D eigenvalue weighted by Gasteiger charge is 2.20. The molecule has 1 rings (SSSR count). The molecule has 0 aromatic heterocycles. The molecule has 5 nitrogen and oxygen atoms in total. The van der Waals surface area contributed by atoms with Crippen LogP contribution in [-0.4, -0.2) is 37.0 Å². The molecule has 1 amide bonds. The van der Waals surface area contributed by atoms with E-state index in [-0.39, 0.29) is 19.6 Å². The standard InChI is InChI=1S/C13H16F2N2O3/c1-3-20-11(18)4-5-17(2)13(19)9-6-8(14)7-10(16)12(9)15/h6-7H,3-5,16H2,1-2H3. The van der Waals surface area contributed by atoms with Gasteiger partial charge in [0.15, 0.2) is 5.82 Å². The molecule has 2 N–H and O–H groups in total. The van der Waals surface area contributed by atoms with Gasteiger partial charge in [-0.05, 0) is 19.1 Å². The lowest BCUT2D eigenvalue weighted by Crippen LogP contribution is -2.30. The fourth-order valence-electron chi connectivity index (χ4n) is 1.57. The maximum Gasteiger partial charge on any atom is 0.307 e. The van der Waals surface area contributed by atoms with Crippen LogP contribution >= 0.6 is 0 Å². The molecule has 110 valence electrons. The van der Waals surface area contributed by atoms with Crippen LogP contribution in [0.4, 0.5) is 14.5 Å². The van der Waals surface area contributed by atoms with Gasteiger partial charge in [-0.2, -0.15) is 0 Å². The highest BCUT2D eigenvalue weighted by molar-refractivity contribution is 5.95. The topological polar surface area (TPSA) is 72.6 Å². The number of amides is 1. The van der Waals surface area contributed by atoms with Crippen molar-refractivity contribution in [2.75, 3.05) is 25.9 Å². The van der Waals surface area contributed by atoms with Gasteiger partial charge in [-0.25, -0.2) is 8.78 Å². The number of nitrogens with zero attached hydrogens (tertiary/aromatic N) is 1. The smallest absolute Gasteiger partial charge is 0.307 e. The molecule has 0 aliphatic heterocycles. The number of nitrogens with two attached hydrogens (primary N) is 1. The number of hydrogen-bond acceptors (Lipinski definition) is 4. The molecule has 0 bridgehead atoms. The van der Waals surface area contributed by atoms with E-state index in [9.17, 15) is 18.4 Å². The van der Waals surface area contributed by atoms with Gasteiger partial charge in [0.2, 0.25) is 0 Å². The maximum atomic E-state index is 13.7. The third kappa shape index (κ3) is 3.91. The summed E-state index contributed by atoms with van der Waals surface area (Å²) in [5, 5.41) is 0. The van der Waals surface area contributed by atoms with Gasteiger partial charge in [-0.1, -0.05) is 0 Å². The first-order chi connectivity index (χ1) is 9.36. The van der Waals surface area contributed by atoms with Crippen molar-refractivity contribution in [3.63, 3.8) is 0 Å². The number of esters is 1.